The maximum atomic E-state index is 13.0. The number of carbonyl (C=O) groups is 1. The average molecular weight is 469 g/mol. The first kappa shape index (κ1) is 21.1. The number of hydrogen-bond acceptors (Lipinski definition) is 8. The van der Waals surface area contributed by atoms with Gasteiger partial charge in [-0.2, -0.15) is 10.2 Å². The van der Waals surface area contributed by atoms with E-state index in [1.807, 2.05) is 6.92 Å². The summed E-state index contributed by atoms with van der Waals surface area (Å²) in [6.07, 6.45) is 9.20. The van der Waals surface area contributed by atoms with E-state index in [4.69, 9.17) is 21.3 Å². The molecule has 4 heterocycles. The van der Waals surface area contributed by atoms with Gasteiger partial charge in [0.2, 0.25) is 0 Å². The topological polar surface area (TPSA) is 95.7 Å². The largest absolute Gasteiger partial charge is 0.376 e. The van der Waals surface area contributed by atoms with Crippen LogP contribution in [0, 0.1) is 12.8 Å². The number of aromatic nitrogens is 6. The standard InChI is InChI=1S/C22H21ClN6O2S/c1-12-28-19-18(20(31-2)14-3-4-14)15(11-25-22(19)32-12)9-16(30)7-13-8-17(23)21(24-10-13)29-26-5-6-27-29/h5-6,8,10-11,14,20H,3-4,7,9H2,1-2H3. The van der Waals surface area contributed by atoms with E-state index in [2.05, 4.69) is 20.2 Å². The second-order valence-corrected chi connectivity index (χ2v) is 9.53. The third kappa shape index (κ3) is 4.15. The normalized spacial score (nSPS) is 14.7. The number of fused-ring (bicyclic) bond motifs is 1. The van der Waals surface area contributed by atoms with Crippen LogP contribution in [0.1, 0.15) is 40.6 Å². The molecule has 1 atom stereocenters. The van der Waals surface area contributed by atoms with Gasteiger partial charge in [0, 0.05) is 37.9 Å². The first-order valence-electron chi connectivity index (χ1n) is 10.3. The number of methoxy groups -OCH3 is 1. The summed E-state index contributed by atoms with van der Waals surface area (Å²) in [6.45, 7) is 1.97. The molecule has 10 heteroatoms. The van der Waals surface area contributed by atoms with E-state index in [0.717, 1.165) is 44.9 Å². The van der Waals surface area contributed by atoms with Crippen molar-refractivity contribution in [3.05, 3.63) is 57.6 Å². The number of thiazole rings is 1. The lowest BCUT2D eigenvalue weighted by Crippen LogP contribution is -2.14. The number of nitrogens with zero attached hydrogens (tertiary/aromatic N) is 6. The van der Waals surface area contributed by atoms with E-state index in [0.29, 0.717) is 16.8 Å². The van der Waals surface area contributed by atoms with Gasteiger partial charge >= 0.3 is 0 Å². The molecule has 164 valence electrons. The van der Waals surface area contributed by atoms with Gasteiger partial charge in [0.25, 0.3) is 0 Å². The maximum Gasteiger partial charge on any atom is 0.193 e. The van der Waals surface area contributed by atoms with Crippen LogP contribution in [-0.4, -0.2) is 42.8 Å². The smallest absolute Gasteiger partial charge is 0.193 e. The molecule has 0 saturated heterocycles. The zero-order valence-corrected chi connectivity index (χ0v) is 19.2. The molecule has 1 unspecified atom stereocenters. The van der Waals surface area contributed by atoms with Crippen LogP contribution in [0.2, 0.25) is 5.02 Å². The zero-order valence-electron chi connectivity index (χ0n) is 17.7. The van der Waals surface area contributed by atoms with Gasteiger partial charge in [-0.1, -0.05) is 22.9 Å². The number of ether oxygens (including phenoxy) is 1. The van der Waals surface area contributed by atoms with E-state index < -0.39 is 0 Å². The minimum atomic E-state index is -0.0678. The Morgan fingerprint density at radius 2 is 2.03 bits per heavy atom. The molecule has 4 aromatic rings. The number of rotatable bonds is 8. The Balaban J connectivity index is 1.41. The minimum absolute atomic E-state index is 0.0489. The van der Waals surface area contributed by atoms with E-state index >= 15 is 0 Å². The van der Waals surface area contributed by atoms with Crippen LogP contribution < -0.4 is 0 Å². The van der Waals surface area contributed by atoms with E-state index in [1.165, 1.54) is 4.80 Å². The van der Waals surface area contributed by atoms with Crippen LogP contribution >= 0.6 is 22.9 Å². The Bertz CT molecular complexity index is 1290. The summed E-state index contributed by atoms with van der Waals surface area (Å²) in [5.41, 5.74) is 3.48. The molecule has 5 rings (SSSR count). The predicted molar refractivity (Wildman–Crippen MR) is 121 cm³/mol. The van der Waals surface area contributed by atoms with Gasteiger partial charge in [0.15, 0.2) is 5.82 Å². The zero-order chi connectivity index (χ0) is 22.2. The summed E-state index contributed by atoms with van der Waals surface area (Å²) in [5, 5.41) is 9.43. The van der Waals surface area contributed by atoms with Crippen LogP contribution in [0.4, 0.5) is 0 Å². The molecule has 0 aromatic carbocycles. The maximum absolute atomic E-state index is 13.0. The van der Waals surface area contributed by atoms with Crippen molar-refractivity contribution in [2.24, 2.45) is 5.92 Å². The highest BCUT2D eigenvalue weighted by atomic mass is 35.5. The van der Waals surface area contributed by atoms with Crippen molar-refractivity contribution in [1.82, 2.24) is 29.9 Å². The quantitative estimate of drug-likeness (QED) is 0.384. The number of pyridine rings is 2. The molecule has 0 aliphatic heterocycles. The second kappa shape index (κ2) is 8.65. The number of carbonyl (C=O) groups excluding carboxylic acids is 1. The van der Waals surface area contributed by atoms with Crippen molar-refractivity contribution in [2.75, 3.05) is 7.11 Å². The van der Waals surface area contributed by atoms with Gasteiger partial charge in [0.05, 0.1) is 28.5 Å². The van der Waals surface area contributed by atoms with Gasteiger partial charge in [0.1, 0.15) is 16.1 Å². The Hall–Kier alpha value is -2.75. The summed E-state index contributed by atoms with van der Waals surface area (Å²) in [7, 11) is 1.73. The number of hydrogen-bond donors (Lipinski definition) is 0. The number of ketones is 1. The van der Waals surface area contributed by atoms with Gasteiger partial charge in [-0.3, -0.25) is 4.79 Å². The number of Topliss-reactive ketones (excluding diaryl/α,β-unsaturated/α-hetero) is 1. The Kier molecular flexibility index (Phi) is 5.71. The fourth-order valence-electron chi connectivity index (χ4n) is 3.98. The van der Waals surface area contributed by atoms with Gasteiger partial charge in [-0.25, -0.2) is 15.0 Å². The Labute approximate surface area is 193 Å². The molecule has 1 saturated carbocycles. The summed E-state index contributed by atoms with van der Waals surface area (Å²) in [4.78, 5) is 28.9. The fourth-order valence-corrected chi connectivity index (χ4v) is 5.02. The molecule has 8 nitrogen and oxygen atoms in total. The van der Waals surface area contributed by atoms with Crippen LogP contribution in [0.25, 0.3) is 16.2 Å². The average Bonchev–Trinajstić information content (AvgIpc) is 3.29. The molecular weight excluding hydrogens is 448 g/mol. The van der Waals surface area contributed by atoms with Crippen molar-refractivity contribution in [3.8, 4) is 5.82 Å². The minimum Gasteiger partial charge on any atom is -0.376 e. The lowest BCUT2D eigenvalue weighted by molar-refractivity contribution is -0.117. The second-order valence-electron chi connectivity index (χ2n) is 7.94. The highest BCUT2D eigenvalue weighted by Crippen LogP contribution is 2.46. The molecule has 4 aromatic heterocycles. The molecule has 0 bridgehead atoms. The molecular formula is C22H21ClN6O2S. The number of halogens is 1. The monoisotopic (exact) mass is 468 g/mol. The summed E-state index contributed by atoms with van der Waals surface area (Å²) in [6, 6.07) is 1.74. The summed E-state index contributed by atoms with van der Waals surface area (Å²) < 4.78 is 5.87. The molecule has 32 heavy (non-hydrogen) atoms. The third-order valence-electron chi connectivity index (χ3n) is 5.52. The van der Waals surface area contributed by atoms with Crippen molar-refractivity contribution < 1.29 is 9.53 Å². The van der Waals surface area contributed by atoms with Crippen molar-refractivity contribution in [3.63, 3.8) is 0 Å². The van der Waals surface area contributed by atoms with Crippen LogP contribution in [0.3, 0.4) is 0 Å². The molecule has 0 radical (unpaired) electrons. The van der Waals surface area contributed by atoms with E-state index in [1.54, 1.807) is 49.3 Å². The van der Waals surface area contributed by atoms with Crippen molar-refractivity contribution in [1.29, 1.82) is 0 Å². The highest BCUT2D eigenvalue weighted by molar-refractivity contribution is 7.18. The van der Waals surface area contributed by atoms with Crippen LogP contribution in [-0.2, 0) is 22.4 Å². The number of aryl methyl sites for hydroxylation is 1. The van der Waals surface area contributed by atoms with E-state index in [-0.39, 0.29) is 24.7 Å². The van der Waals surface area contributed by atoms with Gasteiger partial charge in [-0.15, -0.1) is 4.80 Å². The van der Waals surface area contributed by atoms with Crippen LogP contribution in [0.5, 0.6) is 0 Å². The van der Waals surface area contributed by atoms with Gasteiger partial charge < -0.3 is 4.74 Å². The molecule has 0 amide bonds. The first-order chi connectivity index (χ1) is 15.5. The molecule has 1 aliphatic rings. The fraction of sp³-hybridized carbons (Fsp3) is 0.364. The molecule has 0 spiro atoms. The van der Waals surface area contributed by atoms with Crippen molar-refractivity contribution >= 4 is 39.1 Å². The molecule has 0 N–H and O–H groups in total. The van der Waals surface area contributed by atoms with Crippen molar-refractivity contribution in [2.45, 2.75) is 38.7 Å². The first-order valence-corrected chi connectivity index (χ1v) is 11.5. The molecule has 1 fully saturated rings. The SMILES string of the molecule is COC(c1c(CC(=O)Cc2cnc(-n3nccn3)c(Cl)c2)cnc2sc(C)nc12)C1CC1. The lowest BCUT2D eigenvalue weighted by Gasteiger charge is -2.19. The molecule has 1 aliphatic carbocycles. The Morgan fingerprint density at radius 3 is 2.72 bits per heavy atom. The summed E-state index contributed by atoms with van der Waals surface area (Å²) in [5.74, 6) is 0.942. The van der Waals surface area contributed by atoms with Crippen LogP contribution in [0.15, 0.2) is 30.9 Å². The predicted octanol–water partition coefficient (Wildman–Crippen LogP) is 4.08. The highest BCUT2D eigenvalue weighted by Gasteiger charge is 2.36. The van der Waals surface area contributed by atoms with E-state index in [9.17, 15) is 4.79 Å². The third-order valence-corrected chi connectivity index (χ3v) is 6.68. The lowest BCUT2D eigenvalue weighted by atomic mass is 9.95. The van der Waals surface area contributed by atoms with Gasteiger partial charge in [-0.05, 0) is 42.9 Å². The summed E-state index contributed by atoms with van der Waals surface area (Å²) >= 11 is 7.91. The Morgan fingerprint density at radius 1 is 1.25 bits per heavy atom.